The average Bonchev–Trinajstić information content (AvgIpc) is 1.58. The highest BCUT2D eigenvalue weighted by Gasteiger charge is 2.37. The zero-order valence-electron chi connectivity index (χ0n) is 48.7. The topological polar surface area (TPSA) is 10.9 Å². The Balaban J connectivity index is 0.750. The molecule has 0 aliphatic heterocycles. The summed E-state index contributed by atoms with van der Waals surface area (Å²) in [5, 5.41) is 15.4. The van der Waals surface area contributed by atoms with E-state index >= 15 is 0 Å². The van der Waals surface area contributed by atoms with Crippen LogP contribution in [0.5, 0.6) is 0 Å². The third-order valence-corrected chi connectivity index (χ3v) is 23.6. The summed E-state index contributed by atoms with van der Waals surface area (Å²) in [6.07, 6.45) is 0. The molecule has 88 heavy (non-hydrogen) atoms. The van der Waals surface area contributed by atoms with Crippen LogP contribution in [0.3, 0.4) is 0 Å². The molecule has 0 fully saturated rings. The predicted molar refractivity (Wildman–Crippen MR) is 382 cm³/mol. The van der Waals surface area contributed by atoms with Crippen molar-refractivity contribution in [3.05, 3.63) is 271 Å². The van der Waals surface area contributed by atoms with Crippen molar-refractivity contribution < 1.29 is 0 Å². The van der Waals surface area contributed by atoms with Crippen LogP contribution in [-0.4, -0.2) is 4.40 Å². The van der Waals surface area contributed by atoms with E-state index in [2.05, 4.69) is 291 Å². The van der Waals surface area contributed by atoms with E-state index < -0.39 is 0 Å². The molecule has 3 nitrogen and oxygen atoms in total. The van der Waals surface area contributed by atoms with Gasteiger partial charge in [0, 0.05) is 127 Å². The Bertz CT molecular complexity index is 6100. The maximum absolute atomic E-state index is 2.57. The zero-order valence-corrected chi connectivity index (χ0v) is 51.2. The maximum atomic E-state index is 2.57. The molecule has 0 amide bonds. The fourth-order valence-corrected chi connectivity index (χ4v) is 19.5. The van der Waals surface area contributed by atoms with E-state index in [1.54, 1.807) is 0 Å². The van der Waals surface area contributed by atoms with Gasteiger partial charge in [-0.1, -0.05) is 167 Å². The first-order chi connectivity index (χ1) is 43.1. The highest BCUT2D eigenvalue weighted by molar-refractivity contribution is 7.26. The lowest BCUT2D eigenvalue weighted by atomic mass is 9.82. The zero-order chi connectivity index (χ0) is 58.1. The number of aromatic nitrogens is 1. The summed E-state index contributed by atoms with van der Waals surface area (Å²) < 4.78 is 10.4. The molecule has 0 atom stereocenters. The maximum Gasteiger partial charge on any atom is 0.0620 e. The van der Waals surface area contributed by atoms with Gasteiger partial charge in [0.15, 0.2) is 0 Å². The predicted octanol–water partition coefficient (Wildman–Crippen LogP) is 24.6. The van der Waals surface area contributed by atoms with Gasteiger partial charge in [-0.15, -0.1) is 34.0 Å². The molecular formula is C82H53N3S3. The molecule has 0 saturated carbocycles. The lowest BCUT2D eigenvalue weighted by Crippen LogP contribution is -2.15. The minimum Gasteiger partial charge on any atom is -0.310 e. The fraction of sp³-hybridized carbons (Fsp3) is 0.0732. The molecule has 5 aromatic heterocycles. The summed E-state index contributed by atoms with van der Waals surface area (Å²) in [6, 6.07) is 95.2. The number of hydrogen-bond donors (Lipinski definition) is 0. The van der Waals surface area contributed by atoms with Crippen LogP contribution in [-0.2, 0) is 10.8 Å². The van der Waals surface area contributed by atoms with Crippen molar-refractivity contribution in [1.82, 2.24) is 4.40 Å². The summed E-state index contributed by atoms with van der Waals surface area (Å²) in [5.74, 6) is 0. The SMILES string of the molecule is CC1(C)c2ccccc2-c2cc(N(c3ccc4c(c3)sc3ccccc34)c3ccc4c(c3)sc3cc5cc6c7cccc8c9ccc(N(c%10ccc%11c(c%10)-c%10ccccc%10C%11(C)C)c%10ccc%11c(c%10)sc%10ccccc%10%11)cc9n(c6cc5cc34)c87)ccc21. The number of para-hydroxylation sites is 1. The van der Waals surface area contributed by atoms with Gasteiger partial charge in [-0.3, -0.25) is 0 Å². The molecule has 0 radical (unpaired) electrons. The first-order valence-corrected chi connectivity index (χ1v) is 33.0. The second-order valence-electron chi connectivity index (χ2n) is 25.6. The molecule has 0 N–H and O–H groups in total. The molecule has 2 aliphatic rings. The lowest BCUT2D eigenvalue weighted by molar-refractivity contribution is 0.660. The molecule has 13 aromatic carbocycles. The van der Waals surface area contributed by atoms with Crippen molar-refractivity contribution in [3.63, 3.8) is 0 Å². The first-order valence-electron chi connectivity index (χ1n) is 30.5. The van der Waals surface area contributed by atoms with Gasteiger partial charge in [0.1, 0.15) is 0 Å². The number of anilines is 6. The minimum atomic E-state index is -0.0872. The van der Waals surface area contributed by atoms with E-state index in [-0.39, 0.29) is 10.8 Å². The first kappa shape index (κ1) is 49.3. The number of nitrogens with zero attached hydrogens (tertiary/aromatic N) is 3. The largest absolute Gasteiger partial charge is 0.310 e. The number of rotatable bonds is 6. The van der Waals surface area contributed by atoms with Crippen LogP contribution < -0.4 is 9.80 Å². The van der Waals surface area contributed by atoms with Crippen LogP contribution in [0.2, 0.25) is 0 Å². The molecule has 20 rings (SSSR count). The molecule has 0 spiro atoms. The summed E-state index contributed by atoms with van der Waals surface area (Å²) in [5.41, 5.74) is 21.3. The highest BCUT2D eigenvalue weighted by Crippen LogP contribution is 2.54. The van der Waals surface area contributed by atoms with Crippen LogP contribution >= 0.6 is 34.0 Å². The van der Waals surface area contributed by atoms with Gasteiger partial charge < -0.3 is 14.2 Å². The van der Waals surface area contributed by atoms with Gasteiger partial charge in [-0.05, 0) is 164 Å². The van der Waals surface area contributed by atoms with Crippen molar-refractivity contribution in [2.75, 3.05) is 9.80 Å². The second-order valence-corrected chi connectivity index (χ2v) is 28.9. The average molecular weight is 1180 g/mol. The van der Waals surface area contributed by atoms with Crippen LogP contribution in [0, 0.1) is 0 Å². The molecule has 2 aliphatic carbocycles. The monoisotopic (exact) mass is 1180 g/mol. The van der Waals surface area contributed by atoms with Gasteiger partial charge >= 0.3 is 0 Å². The Hall–Kier alpha value is -9.82. The quantitative estimate of drug-likeness (QED) is 0.164. The standard InChI is InChI=1S/C82H53N3S3/c1-81(2)68-20-9-5-14-54(68)64-40-48(28-34-70(64)81)83(51-25-31-59-57-16-7-11-22-74(57)86-77(59)43-51)50-24-30-56-62-18-13-19-63-66-36-47-39-76-67(37-46(47)38-72(66)85(80(62)63)73(56)42-50)61-33-27-53(45-79(61)88-76)84(52-26-32-60-58-17-8-12-23-75(58)87-78(60)44-52)49-29-35-71-65(41-49)55-15-6-10-21-69(55)82(71,3)4/h5-45H,1-4H3. The Labute approximate surface area is 519 Å². The van der Waals surface area contributed by atoms with Crippen molar-refractivity contribution in [1.29, 1.82) is 0 Å². The third-order valence-electron chi connectivity index (χ3n) is 20.2. The molecule has 0 saturated heterocycles. The van der Waals surface area contributed by atoms with E-state index in [0.717, 1.165) is 34.1 Å². The van der Waals surface area contributed by atoms with Gasteiger partial charge in [-0.25, -0.2) is 0 Å². The van der Waals surface area contributed by atoms with Gasteiger partial charge in [0.2, 0.25) is 0 Å². The van der Waals surface area contributed by atoms with E-state index in [1.165, 1.54) is 154 Å². The van der Waals surface area contributed by atoms with Crippen LogP contribution in [0.1, 0.15) is 49.9 Å². The minimum absolute atomic E-state index is 0.0750. The van der Waals surface area contributed by atoms with Gasteiger partial charge in [-0.2, -0.15) is 0 Å². The van der Waals surface area contributed by atoms with Gasteiger partial charge in [0.25, 0.3) is 0 Å². The summed E-state index contributed by atoms with van der Waals surface area (Å²) in [7, 11) is 0. The van der Waals surface area contributed by atoms with Gasteiger partial charge in [0.05, 0.1) is 16.6 Å². The molecular weight excluding hydrogens is 1120 g/mol. The Morgan fingerprint density at radius 1 is 0.261 bits per heavy atom. The summed E-state index contributed by atoms with van der Waals surface area (Å²) in [6.45, 7) is 9.47. The van der Waals surface area contributed by atoms with E-state index in [4.69, 9.17) is 0 Å². The summed E-state index contributed by atoms with van der Waals surface area (Å²) in [4.78, 5) is 4.99. The number of fused-ring (bicyclic) bond motifs is 22. The Morgan fingerprint density at radius 2 is 0.636 bits per heavy atom. The number of hydrogen-bond acceptors (Lipinski definition) is 5. The molecule has 0 unspecified atom stereocenters. The normalized spacial score (nSPS) is 14.1. The van der Waals surface area contributed by atoms with Crippen molar-refractivity contribution >= 4 is 178 Å². The van der Waals surface area contributed by atoms with Crippen molar-refractivity contribution in [3.8, 4) is 22.3 Å². The molecule has 414 valence electrons. The van der Waals surface area contributed by atoms with E-state index in [9.17, 15) is 0 Å². The van der Waals surface area contributed by atoms with E-state index in [1.807, 2.05) is 34.0 Å². The molecule has 6 heteroatoms. The van der Waals surface area contributed by atoms with Crippen LogP contribution in [0.4, 0.5) is 34.1 Å². The highest BCUT2D eigenvalue weighted by atomic mass is 32.1. The summed E-state index contributed by atoms with van der Waals surface area (Å²) >= 11 is 5.66. The molecule has 0 bridgehead atoms. The molecule has 5 heterocycles. The fourth-order valence-electron chi connectivity index (χ4n) is 16.0. The number of benzene rings is 13. The lowest BCUT2D eigenvalue weighted by Gasteiger charge is -2.27. The third kappa shape index (κ3) is 6.66. The van der Waals surface area contributed by atoms with Crippen molar-refractivity contribution in [2.45, 2.75) is 38.5 Å². The second kappa shape index (κ2) is 17.5. The van der Waals surface area contributed by atoms with E-state index in [0.29, 0.717) is 0 Å². The van der Waals surface area contributed by atoms with Crippen LogP contribution in [0.25, 0.3) is 132 Å². The number of thiophene rings is 3. The van der Waals surface area contributed by atoms with Crippen molar-refractivity contribution in [2.24, 2.45) is 0 Å². The van der Waals surface area contributed by atoms with Crippen LogP contribution in [0.15, 0.2) is 249 Å². The smallest absolute Gasteiger partial charge is 0.0620 e. The Morgan fingerprint density at radius 3 is 1.20 bits per heavy atom. The molecule has 18 aromatic rings. The Kier molecular flexibility index (Phi) is 9.78.